The van der Waals surface area contributed by atoms with E-state index in [9.17, 15) is 5.11 Å². The van der Waals surface area contributed by atoms with Crippen molar-refractivity contribution < 1.29 is 14.6 Å². The lowest BCUT2D eigenvalue weighted by Gasteiger charge is -2.21. The van der Waals surface area contributed by atoms with Crippen molar-refractivity contribution in [3.05, 3.63) is 72.8 Å². The van der Waals surface area contributed by atoms with E-state index in [1.807, 2.05) is 42.5 Å². The minimum atomic E-state index is -0.754. The second kappa shape index (κ2) is 6.78. The Morgan fingerprint density at radius 2 is 1.60 bits per heavy atom. The summed E-state index contributed by atoms with van der Waals surface area (Å²) >= 11 is 0. The molecule has 0 radical (unpaired) electrons. The zero-order valence-corrected chi connectivity index (χ0v) is 11.4. The Morgan fingerprint density at radius 1 is 1.00 bits per heavy atom. The molecule has 2 aromatic carbocycles. The maximum atomic E-state index is 10.3. The van der Waals surface area contributed by atoms with Gasteiger partial charge in [0.1, 0.15) is 23.7 Å². The highest BCUT2D eigenvalue weighted by molar-refractivity contribution is 5.32. The predicted octanol–water partition coefficient (Wildman–Crippen LogP) is 3.36. The molecule has 3 heteroatoms. The fourth-order valence-electron chi connectivity index (χ4n) is 1.89. The van der Waals surface area contributed by atoms with Gasteiger partial charge in [0.15, 0.2) is 0 Å². The first-order valence-electron chi connectivity index (χ1n) is 6.41. The van der Waals surface area contributed by atoms with Crippen molar-refractivity contribution in [3.8, 4) is 11.5 Å². The molecule has 0 saturated heterocycles. The van der Waals surface area contributed by atoms with Crippen molar-refractivity contribution in [3.63, 3.8) is 0 Å². The fraction of sp³-hybridized carbons (Fsp3) is 0.176. The molecule has 0 aromatic heterocycles. The van der Waals surface area contributed by atoms with Gasteiger partial charge in [0.2, 0.25) is 0 Å². The monoisotopic (exact) mass is 270 g/mol. The summed E-state index contributed by atoms with van der Waals surface area (Å²) in [6.07, 6.45) is 0.337. The molecule has 0 bridgehead atoms. The minimum Gasteiger partial charge on any atom is -0.497 e. The van der Waals surface area contributed by atoms with Gasteiger partial charge < -0.3 is 14.6 Å². The van der Waals surface area contributed by atoms with Crippen LogP contribution in [-0.4, -0.2) is 18.3 Å². The molecule has 3 nitrogen and oxygen atoms in total. The topological polar surface area (TPSA) is 38.7 Å². The molecule has 0 spiro atoms. The van der Waals surface area contributed by atoms with Gasteiger partial charge in [-0.2, -0.15) is 0 Å². The molecule has 2 rings (SSSR count). The number of methoxy groups -OCH3 is 1. The third-order valence-electron chi connectivity index (χ3n) is 3.02. The number of hydrogen-bond acceptors (Lipinski definition) is 3. The summed E-state index contributed by atoms with van der Waals surface area (Å²) in [5, 5.41) is 10.3. The summed E-state index contributed by atoms with van der Waals surface area (Å²) in [5.41, 5.74) is 0.797. The largest absolute Gasteiger partial charge is 0.497 e. The van der Waals surface area contributed by atoms with E-state index in [2.05, 4.69) is 6.58 Å². The van der Waals surface area contributed by atoms with Crippen LogP contribution in [0.2, 0.25) is 0 Å². The van der Waals surface area contributed by atoms with E-state index in [1.165, 1.54) is 0 Å². The Labute approximate surface area is 119 Å². The summed E-state index contributed by atoms with van der Waals surface area (Å²) in [6.45, 7) is 3.73. The van der Waals surface area contributed by atoms with Crippen molar-refractivity contribution >= 4 is 0 Å². The molecule has 0 heterocycles. The van der Waals surface area contributed by atoms with Crippen LogP contribution in [0.3, 0.4) is 0 Å². The molecule has 20 heavy (non-hydrogen) atoms. The average Bonchev–Trinajstić information content (AvgIpc) is 2.53. The molecule has 0 fully saturated rings. The molecular weight excluding hydrogens is 252 g/mol. The van der Waals surface area contributed by atoms with Crippen molar-refractivity contribution in [1.82, 2.24) is 0 Å². The Bertz CT molecular complexity index is 534. The van der Waals surface area contributed by atoms with Gasteiger partial charge in [-0.15, -0.1) is 0 Å². The second-order valence-corrected chi connectivity index (χ2v) is 4.35. The molecule has 0 amide bonds. The lowest BCUT2D eigenvalue weighted by atomic mass is 10.0. The zero-order valence-electron chi connectivity index (χ0n) is 11.4. The first-order chi connectivity index (χ1) is 9.74. The highest BCUT2D eigenvalue weighted by Gasteiger charge is 2.19. The van der Waals surface area contributed by atoms with E-state index in [1.54, 1.807) is 25.3 Å². The van der Waals surface area contributed by atoms with Crippen LogP contribution in [0.5, 0.6) is 11.5 Å². The van der Waals surface area contributed by atoms with Crippen LogP contribution >= 0.6 is 0 Å². The molecule has 0 aliphatic heterocycles. The lowest BCUT2D eigenvalue weighted by Crippen LogP contribution is -2.22. The minimum absolute atomic E-state index is 0.509. The number of benzene rings is 2. The Kier molecular flexibility index (Phi) is 4.80. The van der Waals surface area contributed by atoms with Crippen LogP contribution in [0.25, 0.3) is 0 Å². The third kappa shape index (κ3) is 3.39. The smallest absolute Gasteiger partial charge is 0.147 e. The maximum Gasteiger partial charge on any atom is 0.147 e. The Morgan fingerprint density at radius 3 is 2.15 bits per heavy atom. The maximum absolute atomic E-state index is 10.3. The quantitative estimate of drug-likeness (QED) is 0.818. The SMILES string of the molecule is C=C[C@H](Oc1ccc(OC)cc1)[C@@H](O)c1ccccc1. The van der Waals surface area contributed by atoms with E-state index in [4.69, 9.17) is 9.47 Å². The predicted molar refractivity (Wildman–Crippen MR) is 79.0 cm³/mol. The van der Waals surface area contributed by atoms with Crippen LogP contribution in [0.4, 0.5) is 0 Å². The fourth-order valence-corrected chi connectivity index (χ4v) is 1.89. The lowest BCUT2D eigenvalue weighted by molar-refractivity contribution is 0.0638. The van der Waals surface area contributed by atoms with Gasteiger partial charge in [0.25, 0.3) is 0 Å². The second-order valence-electron chi connectivity index (χ2n) is 4.35. The van der Waals surface area contributed by atoms with Gasteiger partial charge in [0, 0.05) is 0 Å². The number of ether oxygens (including phenoxy) is 2. The first kappa shape index (κ1) is 14.2. The summed E-state index contributed by atoms with van der Waals surface area (Å²) < 4.78 is 10.8. The highest BCUT2D eigenvalue weighted by atomic mass is 16.5. The average molecular weight is 270 g/mol. The molecule has 0 unspecified atom stereocenters. The summed E-state index contributed by atoms with van der Waals surface area (Å²) in [4.78, 5) is 0. The zero-order chi connectivity index (χ0) is 14.4. The van der Waals surface area contributed by atoms with E-state index in [0.717, 1.165) is 11.3 Å². The normalized spacial score (nSPS) is 13.3. The Hall–Kier alpha value is -2.26. The van der Waals surface area contributed by atoms with E-state index >= 15 is 0 Å². The standard InChI is InChI=1S/C17H18O3/c1-3-16(17(18)13-7-5-4-6-8-13)20-15-11-9-14(19-2)10-12-15/h3-12,16-18H,1H2,2H3/t16-,17-/m0/s1. The van der Waals surface area contributed by atoms with Crippen molar-refractivity contribution in [1.29, 1.82) is 0 Å². The van der Waals surface area contributed by atoms with Gasteiger partial charge in [-0.3, -0.25) is 0 Å². The van der Waals surface area contributed by atoms with Gasteiger partial charge >= 0.3 is 0 Å². The van der Waals surface area contributed by atoms with Crippen LogP contribution in [0.15, 0.2) is 67.3 Å². The number of rotatable bonds is 6. The summed E-state index contributed by atoms with van der Waals surface area (Å²) in [5.74, 6) is 1.42. The van der Waals surface area contributed by atoms with Crippen molar-refractivity contribution in [2.75, 3.05) is 7.11 Å². The van der Waals surface area contributed by atoms with Gasteiger partial charge in [-0.05, 0) is 35.9 Å². The van der Waals surface area contributed by atoms with Gasteiger partial charge in [-0.1, -0.05) is 36.9 Å². The van der Waals surface area contributed by atoms with Crippen molar-refractivity contribution in [2.45, 2.75) is 12.2 Å². The van der Waals surface area contributed by atoms with Crippen LogP contribution < -0.4 is 9.47 Å². The number of hydrogen-bond donors (Lipinski definition) is 1. The van der Waals surface area contributed by atoms with E-state index < -0.39 is 12.2 Å². The molecule has 2 atom stereocenters. The molecule has 0 saturated carbocycles. The van der Waals surface area contributed by atoms with E-state index in [-0.39, 0.29) is 0 Å². The molecule has 104 valence electrons. The van der Waals surface area contributed by atoms with E-state index in [0.29, 0.717) is 5.75 Å². The summed E-state index contributed by atoms with van der Waals surface area (Å²) in [7, 11) is 1.61. The number of aliphatic hydroxyl groups excluding tert-OH is 1. The molecular formula is C17H18O3. The summed E-state index contributed by atoms with van der Waals surface area (Å²) in [6, 6.07) is 16.6. The molecule has 0 aliphatic rings. The molecule has 2 aromatic rings. The van der Waals surface area contributed by atoms with Crippen LogP contribution in [0, 0.1) is 0 Å². The van der Waals surface area contributed by atoms with Gasteiger partial charge in [0.05, 0.1) is 7.11 Å². The Balaban J connectivity index is 2.10. The van der Waals surface area contributed by atoms with Crippen molar-refractivity contribution in [2.24, 2.45) is 0 Å². The first-order valence-corrected chi connectivity index (χ1v) is 6.41. The number of aliphatic hydroxyl groups is 1. The highest BCUT2D eigenvalue weighted by Crippen LogP contribution is 2.24. The molecule has 1 N–H and O–H groups in total. The van der Waals surface area contributed by atoms with Crippen LogP contribution in [-0.2, 0) is 0 Å². The van der Waals surface area contributed by atoms with Gasteiger partial charge in [-0.25, -0.2) is 0 Å². The van der Waals surface area contributed by atoms with Crippen LogP contribution in [0.1, 0.15) is 11.7 Å². The molecule has 0 aliphatic carbocycles. The third-order valence-corrected chi connectivity index (χ3v) is 3.02.